The summed E-state index contributed by atoms with van der Waals surface area (Å²) in [6, 6.07) is 23.3. The lowest BCUT2D eigenvalue weighted by Gasteiger charge is -2.17. The summed E-state index contributed by atoms with van der Waals surface area (Å²) in [5, 5.41) is 6.16. The third-order valence-corrected chi connectivity index (χ3v) is 4.06. The summed E-state index contributed by atoms with van der Waals surface area (Å²) in [7, 11) is 0. The number of hydrogen-bond donors (Lipinski definition) is 1. The van der Waals surface area contributed by atoms with Crippen LogP contribution in [0.5, 0.6) is 0 Å². The largest absolute Gasteiger partial charge is 0.306 e. The summed E-state index contributed by atoms with van der Waals surface area (Å²) in [5.41, 5.74) is 3.44. The van der Waals surface area contributed by atoms with Crippen LogP contribution in [0.25, 0.3) is 10.8 Å². The van der Waals surface area contributed by atoms with Crippen LogP contribution in [-0.2, 0) is 6.54 Å². The molecule has 1 nitrogen and oxygen atoms in total. The zero-order valence-corrected chi connectivity index (χ0v) is 12.7. The molecule has 0 unspecified atom stereocenters. The molecular weight excluding hydrogens is 266 g/mol. The van der Waals surface area contributed by atoms with E-state index in [2.05, 4.69) is 66.7 Å². The molecule has 0 aliphatic rings. The quantitative estimate of drug-likeness (QED) is 0.687. The molecule has 1 atom stereocenters. The molecule has 1 heteroatoms. The lowest BCUT2D eigenvalue weighted by molar-refractivity contribution is 0.577. The molecule has 22 heavy (non-hydrogen) atoms. The summed E-state index contributed by atoms with van der Waals surface area (Å²) in [6.45, 7) is 2.96. The van der Waals surface area contributed by atoms with Crippen molar-refractivity contribution in [1.82, 2.24) is 5.32 Å². The van der Waals surface area contributed by atoms with Crippen LogP contribution in [0.2, 0.25) is 0 Å². The minimum atomic E-state index is 0.261. The van der Waals surface area contributed by atoms with Gasteiger partial charge in [-0.2, -0.15) is 0 Å². The lowest BCUT2D eigenvalue weighted by atomic mass is 9.99. The molecule has 0 aromatic heterocycles. The van der Waals surface area contributed by atoms with Crippen molar-refractivity contribution >= 4 is 10.8 Å². The van der Waals surface area contributed by atoms with E-state index in [4.69, 9.17) is 6.42 Å². The topological polar surface area (TPSA) is 12.0 Å². The second-order valence-electron chi connectivity index (χ2n) is 5.47. The molecule has 108 valence electrons. The number of rotatable bonds is 4. The Morgan fingerprint density at radius 3 is 2.55 bits per heavy atom. The monoisotopic (exact) mass is 285 g/mol. The van der Waals surface area contributed by atoms with Gasteiger partial charge in [-0.15, -0.1) is 6.42 Å². The Labute approximate surface area is 132 Å². The highest BCUT2D eigenvalue weighted by molar-refractivity contribution is 5.86. The number of fused-ring (bicyclic) bond motifs is 1. The Hall–Kier alpha value is -2.56. The predicted molar refractivity (Wildman–Crippen MR) is 93.6 cm³/mol. The Morgan fingerprint density at radius 2 is 1.68 bits per heavy atom. The molecule has 1 N–H and O–H groups in total. The van der Waals surface area contributed by atoms with E-state index in [1.165, 1.54) is 16.3 Å². The van der Waals surface area contributed by atoms with Gasteiger partial charge in [-0.3, -0.25) is 0 Å². The summed E-state index contributed by atoms with van der Waals surface area (Å²) >= 11 is 0. The molecule has 0 bridgehead atoms. The van der Waals surface area contributed by atoms with Crippen LogP contribution in [-0.4, -0.2) is 0 Å². The van der Waals surface area contributed by atoms with Crippen molar-refractivity contribution in [2.24, 2.45) is 0 Å². The average molecular weight is 285 g/mol. The van der Waals surface area contributed by atoms with Crippen LogP contribution in [0.3, 0.4) is 0 Å². The third-order valence-electron chi connectivity index (χ3n) is 4.06. The lowest BCUT2D eigenvalue weighted by Crippen LogP contribution is -2.19. The Kier molecular flexibility index (Phi) is 4.23. The van der Waals surface area contributed by atoms with Gasteiger partial charge in [0.15, 0.2) is 0 Å². The molecule has 0 aliphatic carbocycles. The normalized spacial score (nSPS) is 12.0. The first-order valence-corrected chi connectivity index (χ1v) is 7.55. The molecule has 0 radical (unpaired) electrons. The van der Waals surface area contributed by atoms with Gasteiger partial charge in [-0.1, -0.05) is 66.6 Å². The fraction of sp³-hybridized carbons (Fsp3) is 0.143. The molecular formula is C21H19N. The number of hydrogen-bond acceptors (Lipinski definition) is 1. The van der Waals surface area contributed by atoms with Crippen molar-refractivity contribution in [2.75, 3.05) is 0 Å². The van der Waals surface area contributed by atoms with Crippen molar-refractivity contribution in [1.29, 1.82) is 0 Å². The first kappa shape index (κ1) is 14.4. The summed E-state index contributed by atoms with van der Waals surface area (Å²) in [6.07, 6.45) is 5.56. The van der Waals surface area contributed by atoms with Crippen LogP contribution in [0, 0.1) is 12.3 Å². The van der Waals surface area contributed by atoms with Crippen molar-refractivity contribution in [3.05, 3.63) is 83.4 Å². The van der Waals surface area contributed by atoms with Gasteiger partial charge in [-0.25, -0.2) is 0 Å². The molecule has 0 spiro atoms. The SMILES string of the molecule is C#Cc1ccccc1CN[C@H](C)c1cccc2ccccc12. The fourth-order valence-electron chi connectivity index (χ4n) is 2.82. The van der Waals surface area contributed by atoms with Gasteiger partial charge in [0.1, 0.15) is 0 Å². The highest BCUT2D eigenvalue weighted by Gasteiger charge is 2.09. The van der Waals surface area contributed by atoms with Gasteiger partial charge in [0.25, 0.3) is 0 Å². The zero-order valence-electron chi connectivity index (χ0n) is 12.7. The second-order valence-corrected chi connectivity index (χ2v) is 5.47. The van der Waals surface area contributed by atoms with Gasteiger partial charge >= 0.3 is 0 Å². The summed E-state index contributed by atoms with van der Waals surface area (Å²) in [4.78, 5) is 0. The van der Waals surface area contributed by atoms with Gasteiger partial charge in [0.2, 0.25) is 0 Å². The van der Waals surface area contributed by atoms with Crippen LogP contribution in [0.4, 0.5) is 0 Å². The van der Waals surface area contributed by atoms with Gasteiger partial charge < -0.3 is 5.32 Å². The van der Waals surface area contributed by atoms with Gasteiger partial charge in [0, 0.05) is 18.2 Å². The maximum absolute atomic E-state index is 5.56. The van der Waals surface area contributed by atoms with Crippen LogP contribution in [0.15, 0.2) is 66.7 Å². The smallest absolute Gasteiger partial charge is 0.0301 e. The zero-order chi connectivity index (χ0) is 15.4. The highest BCUT2D eigenvalue weighted by atomic mass is 14.9. The molecule has 3 aromatic rings. The van der Waals surface area contributed by atoms with E-state index in [0.717, 1.165) is 17.7 Å². The van der Waals surface area contributed by atoms with Crippen molar-refractivity contribution in [3.8, 4) is 12.3 Å². The van der Waals surface area contributed by atoms with Crippen molar-refractivity contribution < 1.29 is 0 Å². The van der Waals surface area contributed by atoms with Crippen LogP contribution in [0.1, 0.15) is 29.7 Å². The highest BCUT2D eigenvalue weighted by Crippen LogP contribution is 2.24. The molecule has 0 saturated heterocycles. The fourth-order valence-corrected chi connectivity index (χ4v) is 2.82. The van der Waals surface area contributed by atoms with E-state index < -0.39 is 0 Å². The first-order chi connectivity index (χ1) is 10.8. The van der Waals surface area contributed by atoms with E-state index in [-0.39, 0.29) is 6.04 Å². The van der Waals surface area contributed by atoms with Gasteiger partial charge in [0.05, 0.1) is 0 Å². The standard InChI is InChI=1S/C21H19N/c1-3-17-9-4-5-11-19(17)15-22-16(2)20-14-8-12-18-10-6-7-13-21(18)20/h1,4-14,16,22H,15H2,2H3/t16-/m1/s1. The van der Waals surface area contributed by atoms with Crippen LogP contribution >= 0.6 is 0 Å². The Bertz CT molecular complexity index is 821. The van der Waals surface area contributed by atoms with E-state index in [0.29, 0.717) is 0 Å². The Morgan fingerprint density at radius 1 is 0.955 bits per heavy atom. The van der Waals surface area contributed by atoms with Crippen LogP contribution < -0.4 is 5.32 Å². The molecule has 0 heterocycles. The van der Waals surface area contributed by atoms with Crippen molar-refractivity contribution in [2.45, 2.75) is 19.5 Å². The predicted octanol–water partition coefficient (Wildman–Crippen LogP) is 4.67. The van der Waals surface area contributed by atoms with E-state index >= 15 is 0 Å². The minimum Gasteiger partial charge on any atom is -0.306 e. The summed E-state index contributed by atoms with van der Waals surface area (Å²) in [5.74, 6) is 2.75. The Balaban J connectivity index is 1.82. The van der Waals surface area contributed by atoms with Crippen molar-refractivity contribution in [3.63, 3.8) is 0 Å². The molecule has 0 fully saturated rings. The molecule has 0 aliphatic heterocycles. The third kappa shape index (κ3) is 2.88. The maximum atomic E-state index is 5.56. The van der Waals surface area contributed by atoms with E-state index in [1.807, 2.05) is 18.2 Å². The molecule has 3 rings (SSSR count). The number of terminal acetylenes is 1. The number of nitrogens with one attached hydrogen (secondary N) is 1. The number of benzene rings is 3. The first-order valence-electron chi connectivity index (χ1n) is 7.55. The van der Waals surface area contributed by atoms with E-state index in [9.17, 15) is 0 Å². The molecule has 0 saturated carbocycles. The minimum absolute atomic E-state index is 0.261. The van der Waals surface area contributed by atoms with E-state index in [1.54, 1.807) is 0 Å². The average Bonchev–Trinajstić information content (AvgIpc) is 2.59. The summed E-state index contributed by atoms with van der Waals surface area (Å²) < 4.78 is 0. The maximum Gasteiger partial charge on any atom is 0.0301 e. The molecule has 3 aromatic carbocycles. The molecule has 0 amide bonds. The second kappa shape index (κ2) is 6.47. The van der Waals surface area contributed by atoms with Gasteiger partial charge in [-0.05, 0) is 34.9 Å².